The van der Waals surface area contributed by atoms with Gasteiger partial charge in [0.1, 0.15) is 24.1 Å². The lowest BCUT2D eigenvalue weighted by molar-refractivity contribution is -0.180. The quantitative estimate of drug-likeness (QED) is 0.250. The molecule has 6 N–H and O–H groups in total. The third kappa shape index (κ3) is 4.30. The molecule has 5 atom stereocenters. The molecule has 1 aliphatic rings. The van der Waals surface area contributed by atoms with Gasteiger partial charge in [0.15, 0.2) is 11.5 Å². The molecule has 0 spiro atoms. The van der Waals surface area contributed by atoms with Crippen molar-refractivity contribution in [1.82, 2.24) is 0 Å². The summed E-state index contributed by atoms with van der Waals surface area (Å²) >= 11 is 0. The van der Waals surface area contributed by atoms with Crippen LogP contribution in [0.5, 0.6) is 11.5 Å². The summed E-state index contributed by atoms with van der Waals surface area (Å²) in [4.78, 5) is 11.1. The number of ether oxygens (including phenoxy) is 1. The van der Waals surface area contributed by atoms with Gasteiger partial charge in [-0.05, 0) is 23.8 Å². The number of phenols is 2. The van der Waals surface area contributed by atoms with Crippen molar-refractivity contribution in [3.63, 3.8) is 0 Å². The average Bonchev–Trinajstić information content (AvgIpc) is 2.56. The summed E-state index contributed by atoms with van der Waals surface area (Å²) in [5.74, 6) is -3.03. The lowest BCUT2D eigenvalue weighted by Gasteiger charge is -2.38. The Morgan fingerprint density at radius 3 is 2.40 bits per heavy atom. The van der Waals surface area contributed by atoms with E-state index in [1.54, 1.807) is 0 Å². The minimum atomic E-state index is -1.65. The lowest BCUT2D eigenvalue weighted by atomic mass is 9.81. The molecule has 0 heterocycles. The maximum absolute atomic E-state index is 11.1. The number of carbonyl (C=O) groups is 1. The van der Waals surface area contributed by atoms with Crippen LogP contribution in [0.2, 0.25) is 0 Å². The third-order valence-corrected chi connectivity index (χ3v) is 4.06. The van der Waals surface area contributed by atoms with Gasteiger partial charge in [-0.15, -0.1) is 0 Å². The van der Waals surface area contributed by atoms with Crippen molar-refractivity contribution in [2.24, 2.45) is 5.92 Å². The van der Waals surface area contributed by atoms with Crippen LogP contribution < -0.4 is 0 Å². The molecule has 8 heteroatoms. The average molecular weight is 352 g/mol. The van der Waals surface area contributed by atoms with Gasteiger partial charge in [-0.25, -0.2) is 0 Å². The molecular formula is C17H20O8. The molecule has 1 aromatic rings. The Balaban J connectivity index is 2.04. The van der Waals surface area contributed by atoms with Crippen LogP contribution in [0.3, 0.4) is 0 Å². The number of aromatic hydroxyl groups is 2. The molecule has 1 aromatic carbocycles. The van der Waals surface area contributed by atoms with Gasteiger partial charge in [-0.3, -0.25) is 4.79 Å². The first-order valence-electron chi connectivity index (χ1n) is 7.53. The Hall–Kier alpha value is -2.55. The molecular weight excluding hydrogens is 332 g/mol. The van der Waals surface area contributed by atoms with E-state index < -0.39 is 36.3 Å². The van der Waals surface area contributed by atoms with Gasteiger partial charge in [0.05, 0.1) is 12.0 Å². The highest BCUT2D eigenvalue weighted by Gasteiger charge is 2.46. The second-order valence-electron chi connectivity index (χ2n) is 5.86. The van der Waals surface area contributed by atoms with Crippen LogP contribution in [0.25, 0.3) is 6.08 Å². The number of hydrogen-bond acceptors (Lipinski definition) is 7. The molecule has 0 aliphatic heterocycles. The number of carboxylic acids is 1. The molecule has 0 bridgehead atoms. The smallest absolute Gasteiger partial charge is 0.309 e. The number of benzene rings is 1. The highest BCUT2D eigenvalue weighted by atomic mass is 16.5. The summed E-state index contributed by atoms with van der Waals surface area (Å²) in [6.45, 7) is 3.63. The maximum atomic E-state index is 11.1. The van der Waals surface area contributed by atoms with E-state index in [4.69, 9.17) is 9.84 Å². The fourth-order valence-electron chi connectivity index (χ4n) is 2.62. The molecule has 136 valence electrons. The molecule has 0 radical (unpaired) electrons. The second kappa shape index (κ2) is 7.56. The van der Waals surface area contributed by atoms with Crippen molar-refractivity contribution in [2.75, 3.05) is 0 Å². The molecule has 0 aromatic heterocycles. The standard InChI is InChI=1S/C17H20O8/c1-8(2-3-9-4-5-11(18)12(19)6-9)25-13-7-10(17(23)24)14(20)16(22)15(13)21/h2-6,10,13-16,18-22H,1,7H2,(H,23,24)/t10-,13-,14+,15-,16+/m0/s1. The van der Waals surface area contributed by atoms with E-state index in [0.717, 1.165) is 0 Å². The third-order valence-electron chi connectivity index (χ3n) is 4.06. The van der Waals surface area contributed by atoms with Crippen molar-refractivity contribution in [3.8, 4) is 11.5 Å². The first-order chi connectivity index (χ1) is 11.7. The number of rotatable bonds is 5. The molecule has 1 saturated carbocycles. The SMILES string of the molecule is C=C(C=Cc1ccc(O)c(O)c1)O[C@H]1C[C@H](C(=O)O)[C@@H](O)[C@@H](O)[C@H]1O. The van der Waals surface area contributed by atoms with Gasteiger partial charge in [0.25, 0.3) is 0 Å². The van der Waals surface area contributed by atoms with Gasteiger partial charge in [0, 0.05) is 6.42 Å². The number of aliphatic hydroxyl groups excluding tert-OH is 3. The highest BCUT2D eigenvalue weighted by Crippen LogP contribution is 2.30. The first-order valence-corrected chi connectivity index (χ1v) is 7.53. The van der Waals surface area contributed by atoms with E-state index in [-0.39, 0.29) is 23.7 Å². The van der Waals surface area contributed by atoms with Crippen LogP contribution in [0.1, 0.15) is 12.0 Å². The molecule has 0 saturated heterocycles. The minimum absolute atomic E-state index is 0.0874. The number of phenolic OH excluding ortho intramolecular Hbond substituents is 2. The Bertz CT molecular complexity index is 683. The van der Waals surface area contributed by atoms with E-state index in [0.29, 0.717) is 5.56 Å². The van der Waals surface area contributed by atoms with E-state index in [1.165, 1.54) is 30.4 Å². The lowest BCUT2D eigenvalue weighted by Crippen LogP contribution is -2.56. The zero-order valence-electron chi connectivity index (χ0n) is 13.2. The molecule has 2 rings (SSSR count). The fraction of sp³-hybridized carbons (Fsp3) is 0.353. The van der Waals surface area contributed by atoms with E-state index in [2.05, 4.69) is 6.58 Å². The summed E-state index contributed by atoms with van der Waals surface area (Å²) in [6, 6.07) is 4.16. The van der Waals surface area contributed by atoms with Crippen molar-refractivity contribution >= 4 is 12.0 Å². The van der Waals surface area contributed by atoms with Gasteiger partial charge in [-0.1, -0.05) is 18.7 Å². The Morgan fingerprint density at radius 2 is 1.80 bits per heavy atom. The van der Waals surface area contributed by atoms with Crippen LogP contribution in [-0.2, 0) is 9.53 Å². The summed E-state index contributed by atoms with van der Waals surface area (Å²) < 4.78 is 5.40. The Kier molecular flexibility index (Phi) is 5.68. The first kappa shape index (κ1) is 18.8. The number of carboxylic acid groups (broad SMARTS) is 1. The molecule has 8 nitrogen and oxygen atoms in total. The number of allylic oxidation sites excluding steroid dienone is 1. The van der Waals surface area contributed by atoms with Crippen LogP contribution in [-0.4, -0.2) is 61.0 Å². The van der Waals surface area contributed by atoms with Gasteiger partial charge >= 0.3 is 5.97 Å². The van der Waals surface area contributed by atoms with Gasteiger partial charge in [-0.2, -0.15) is 0 Å². The maximum Gasteiger partial charge on any atom is 0.309 e. The molecule has 0 unspecified atom stereocenters. The van der Waals surface area contributed by atoms with Crippen LogP contribution >= 0.6 is 0 Å². The second-order valence-corrected chi connectivity index (χ2v) is 5.86. The number of hydrogen-bond donors (Lipinski definition) is 6. The normalized spacial score (nSPS) is 29.5. The van der Waals surface area contributed by atoms with E-state index in [9.17, 15) is 30.3 Å². The van der Waals surface area contributed by atoms with Crippen molar-refractivity contribution in [1.29, 1.82) is 0 Å². The van der Waals surface area contributed by atoms with Crippen molar-refractivity contribution in [3.05, 3.63) is 42.2 Å². The Labute approximate surface area is 143 Å². The van der Waals surface area contributed by atoms with Crippen LogP contribution in [0, 0.1) is 5.92 Å². The minimum Gasteiger partial charge on any atom is -0.504 e. The molecule has 1 fully saturated rings. The predicted octanol–water partition coefficient (Wildman–Crippen LogP) is 0.197. The summed E-state index contributed by atoms with van der Waals surface area (Å²) in [5.41, 5.74) is 0.545. The summed E-state index contributed by atoms with van der Waals surface area (Å²) in [5, 5.41) is 57.2. The summed E-state index contributed by atoms with van der Waals surface area (Å²) in [7, 11) is 0. The van der Waals surface area contributed by atoms with E-state index >= 15 is 0 Å². The molecule has 0 amide bonds. The predicted molar refractivity (Wildman–Crippen MR) is 86.6 cm³/mol. The molecule has 1 aliphatic carbocycles. The largest absolute Gasteiger partial charge is 0.504 e. The topological polar surface area (TPSA) is 148 Å². The number of aliphatic carboxylic acids is 1. The zero-order valence-corrected chi connectivity index (χ0v) is 13.2. The van der Waals surface area contributed by atoms with Crippen molar-refractivity contribution < 1.29 is 40.2 Å². The van der Waals surface area contributed by atoms with Crippen molar-refractivity contribution in [2.45, 2.75) is 30.8 Å². The molecule has 25 heavy (non-hydrogen) atoms. The summed E-state index contributed by atoms with van der Waals surface area (Å²) in [6.07, 6.45) is -3.00. The number of aliphatic hydroxyl groups is 3. The van der Waals surface area contributed by atoms with Crippen LogP contribution in [0.15, 0.2) is 36.6 Å². The van der Waals surface area contributed by atoms with Gasteiger partial charge in [0.2, 0.25) is 0 Å². The zero-order chi connectivity index (χ0) is 18.7. The van der Waals surface area contributed by atoms with Gasteiger partial charge < -0.3 is 35.4 Å². The van der Waals surface area contributed by atoms with Crippen LogP contribution in [0.4, 0.5) is 0 Å². The van der Waals surface area contributed by atoms with E-state index in [1.807, 2.05) is 0 Å². The monoisotopic (exact) mass is 352 g/mol. The fourth-order valence-corrected chi connectivity index (χ4v) is 2.62. The Morgan fingerprint density at radius 1 is 1.12 bits per heavy atom. The highest BCUT2D eigenvalue weighted by molar-refractivity contribution is 5.71.